The third kappa shape index (κ3) is 3.51. The van der Waals surface area contributed by atoms with E-state index in [-0.39, 0.29) is 36.6 Å². The number of phenols is 1. The molecule has 3 atom stereocenters. The fourth-order valence-corrected chi connectivity index (χ4v) is 3.82. The molecule has 29 heavy (non-hydrogen) atoms. The van der Waals surface area contributed by atoms with E-state index in [0.29, 0.717) is 23.5 Å². The van der Waals surface area contributed by atoms with Gasteiger partial charge in [-0.2, -0.15) is 0 Å². The minimum atomic E-state index is -1.15. The van der Waals surface area contributed by atoms with Gasteiger partial charge in [-0.3, -0.25) is 4.79 Å². The van der Waals surface area contributed by atoms with Crippen molar-refractivity contribution in [2.24, 2.45) is 11.8 Å². The number of aliphatic hydroxyl groups is 1. The number of rotatable bonds is 6. The van der Waals surface area contributed by atoms with Gasteiger partial charge >= 0.3 is 5.97 Å². The van der Waals surface area contributed by atoms with Crippen LogP contribution in [0.4, 0.5) is 0 Å². The van der Waals surface area contributed by atoms with Crippen LogP contribution in [-0.2, 0) is 16.0 Å². The standard InChI is InChI=1S/C21H22O8/c1-25-16-7-12(8-17(26-2)20(16)23)19(22)18-13(9-27-21(18)24)5-11-3-4-14-15(6-11)29-10-28-14/h3-4,6-8,13,18-19,22-23H,5,9-10H2,1-2H3/t13-,18-,19-/m0/s1. The van der Waals surface area contributed by atoms with Gasteiger partial charge in [-0.15, -0.1) is 0 Å². The number of ether oxygens (including phenoxy) is 5. The molecule has 0 aliphatic carbocycles. The van der Waals surface area contributed by atoms with Gasteiger partial charge in [0, 0.05) is 5.92 Å². The van der Waals surface area contributed by atoms with Gasteiger partial charge in [0.05, 0.1) is 32.8 Å². The second-order valence-electron chi connectivity index (χ2n) is 7.03. The average molecular weight is 402 g/mol. The zero-order valence-electron chi connectivity index (χ0n) is 16.1. The number of phenolic OH excluding ortho intramolecular Hbond substituents is 1. The maximum atomic E-state index is 12.4. The van der Waals surface area contributed by atoms with Crippen LogP contribution in [0.15, 0.2) is 30.3 Å². The maximum Gasteiger partial charge on any atom is 0.312 e. The summed E-state index contributed by atoms with van der Waals surface area (Å²) in [7, 11) is 2.80. The lowest BCUT2D eigenvalue weighted by atomic mass is 9.83. The van der Waals surface area contributed by atoms with Gasteiger partial charge in [-0.25, -0.2) is 0 Å². The Labute approximate surface area is 167 Å². The molecule has 0 spiro atoms. The van der Waals surface area contributed by atoms with Gasteiger partial charge in [-0.05, 0) is 41.8 Å². The zero-order valence-corrected chi connectivity index (χ0v) is 16.1. The Morgan fingerprint density at radius 3 is 2.45 bits per heavy atom. The van der Waals surface area contributed by atoms with Crippen molar-refractivity contribution in [1.82, 2.24) is 0 Å². The number of aliphatic hydroxyl groups excluding tert-OH is 1. The van der Waals surface area contributed by atoms with E-state index in [1.54, 1.807) is 0 Å². The summed E-state index contributed by atoms with van der Waals surface area (Å²) >= 11 is 0. The van der Waals surface area contributed by atoms with Crippen molar-refractivity contribution in [3.63, 3.8) is 0 Å². The topological polar surface area (TPSA) is 104 Å². The van der Waals surface area contributed by atoms with E-state index >= 15 is 0 Å². The maximum absolute atomic E-state index is 12.4. The smallest absolute Gasteiger partial charge is 0.312 e. The lowest BCUT2D eigenvalue weighted by molar-refractivity contribution is -0.144. The molecule has 0 unspecified atom stereocenters. The monoisotopic (exact) mass is 402 g/mol. The van der Waals surface area contributed by atoms with E-state index in [9.17, 15) is 15.0 Å². The number of benzene rings is 2. The normalized spacial score (nSPS) is 21.0. The lowest BCUT2D eigenvalue weighted by Crippen LogP contribution is -2.25. The molecule has 2 aliphatic heterocycles. The molecule has 0 saturated carbocycles. The Morgan fingerprint density at radius 1 is 1.07 bits per heavy atom. The van der Waals surface area contributed by atoms with Gasteiger partial charge in [0.1, 0.15) is 0 Å². The van der Waals surface area contributed by atoms with Crippen LogP contribution < -0.4 is 18.9 Å². The molecule has 1 fully saturated rings. The van der Waals surface area contributed by atoms with Crippen LogP contribution in [0.2, 0.25) is 0 Å². The first-order valence-electron chi connectivity index (χ1n) is 9.20. The second-order valence-corrected chi connectivity index (χ2v) is 7.03. The van der Waals surface area contributed by atoms with Crippen molar-refractivity contribution >= 4 is 5.97 Å². The largest absolute Gasteiger partial charge is 0.502 e. The molecular formula is C21H22O8. The highest BCUT2D eigenvalue weighted by molar-refractivity contribution is 5.76. The summed E-state index contributed by atoms with van der Waals surface area (Å²) in [4.78, 5) is 12.4. The molecule has 0 aromatic heterocycles. The van der Waals surface area contributed by atoms with E-state index in [1.165, 1.54) is 26.4 Å². The van der Waals surface area contributed by atoms with Crippen molar-refractivity contribution in [3.05, 3.63) is 41.5 Å². The van der Waals surface area contributed by atoms with Crippen LogP contribution in [0.5, 0.6) is 28.7 Å². The van der Waals surface area contributed by atoms with Crippen molar-refractivity contribution < 1.29 is 38.7 Å². The van der Waals surface area contributed by atoms with Crippen LogP contribution in [0.1, 0.15) is 17.2 Å². The number of carbonyl (C=O) groups is 1. The quantitative estimate of drug-likeness (QED) is 0.709. The number of methoxy groups -OCH3 is 2. The summed E-state index contributed by atoms with van der Waals surface area (Å²) in [5.74, 6) is 0.0218. The molecule has 154 valence electrons. The van der Waals surface area contributed by atoms with E-state index < -0.39 is 18.0 Å². The number of carbonyl (C=O) groups excluding carboxylic acids is 1. The van der Waals surface area contributed by atoms with Crippen molar-refractivity contribution in [2.75, 3.05) is 27.6 Å². The molecule has 0 radical (unpaired) electrons. The van der Waals surface area contributed by atoms with E-state index in [2.05, 4.69) is 0 Å². The van der Waals surface area contributed by atoms with Crippen LogP contribution in [-0.4, -0.2) is 43.8 Å². The van der Waals surface area contributed by atoms with Crippen LogP contribution in [0, 0.1) is 11.8 Å². The summed E-state index contributed by atoms with van der Waals surface area (Å²) in [6.07, 6.45) is -0.622. The Balaban J connectivity index is 1.59. The molecule has 0 bridgehead atoms. The Morgan fingerprint density at radius 2 is 1.76 bits per heavy atom. The lowest BCUT2D eigenvalue weighted by Gasteiger charge is -2.22. The first kappa shape index (κ1) is 19.2. The number of aromatic hydroxyl groups is 1. The minimum Gasteiger partial charge on any atom is -0.502 e. The second kappa shape index (κ2) is 7.71. The van der Waals surface area contributed by atoms with E-state index in [0.717, 1.165) is 5.56 Å². The minimum absolute atomic E-state index is 0.150. The Hall–Kier alpha value is -3.13. The predicted molar refractivity (Wildman–Crippen MR) is 100 cm³/mol. The van der Waals surface area contributed by atoms with E-state index in [4.69, 9.17) is 23.7 Å². The SMILES string of the molecule is COc1cc([C@H](O)[C@H]2C(=O)OC[C@@H]2Cc2ccc3c(c2)OCO3)cc(OC)c1O. The predicted octanol–water partition coefficient (Wildman–Crippen LogP) is 2.20. The van der Waals surface area contributed by atoms with Gasteiger partial charge in [0.2, 0.25) is 12.5 Å². The van der Waals surface area contributed by atoms with Crippen LogP contribution in [0.3, 0.4) is 0 Å². The fraction of sp³-hybridized carbons (Fsp3) is 0.381. The van der Waals surface area contributed by atoms with Crippen molar-refractivity contribution in [2.45, 2.75) is 12.5 Å². The number of esters is 1. The average Bonchev–Trinajstić information content (AvgIpc) is 3.33. The highest BCUT2D eigenvalue weighted by Gasteiger charge is 2.43. The summed E-state index contributed by atoms with van der Waals surface area (Å²) in [5, 5.41) is 21.1. The molecule has 2 aromatic rings. The number of fused-ring (bicyclic) bond motifs is 1. The van der Waals surface area contributed by atoms with Crippen molar-refractivity contribution in [1.29, 1.82) is 0 Å². The Kier molecular flexibility index (Phi) is 5.10. The highest BCUT2D eigenvalue weighted by atomic mass is 16.7. The molecule has 2 aromatic carbocycles. The molecule has 2 N–H and O–H groups in total. The molecule has 4 rings (SSSR count). The number of hydrogen-bond donors (Lipinski definition) is 2. The summed E-state index contributed by atoms with van der Waals surface area (Å²) in [5.41, 5.74) is 1.35. The van der Waals surface area contributed by atoms with Gasteiger partial charge in [0.25, 0.3) is 0 Å². The third-order valence-corrected chi connectivity index (χ3v) is 5.34. The van der Waals surface area contributed by atoms with Gasteiger partial charge < -0.3 is 33.9 Å². The molecule has 8 nitrogen and oxygen atoms in total. The first-order chi connectivity index (χ1) is 14.0. The zero-order chi connectivity index (χ0) is 20.5. The van der Waals surface area contributed by atoms with Crippen LogP contribution in [0.25, 0.3) is 0 Å². The van der Waals surface area contributed by atoms with Crippen molar-refractivity contribution in [3.8, 4) is 28.7 Å². The summed E-state index contributed by atoms with van der Waals surface area (Å²) in [6, 6.07) is 8.60. The number of hydrogen-bond acceptors (Lipinski definition) is 8. The van der Waals surface area contributed by atoms with Gasteiger partial charge in [-0.1, -0.05) is 6.07 Å². The first-order valence-corrected chi connectivity index (χ1v) is 9.20. The third-order valence-electron chi connectivity index (χ3n) is 5.34. The summed E-state index contributed by atoms with van der Waals surface area (Å²) < 4.78 is 26.3. The van der Waals surface area contributed by atoms with E-state index in [1.807, 2.05) is 18.2 Å². The molecule has 8 heteroatoms. The molecular weight excluding hydrogens is 380 g/mol. The molecule has 0 amide bonds. The number of cyclic esters (lactones) is 1. The Bertz CT molecular complexity index is 900. The molecule has 2 heterocycles. The highest BCUT2D eigenvalue weighted by Crippen LogP contribution is 2.43. The van der Waals surface area contributed by atoms with Gasteiger partial charge in [0.15, 0.2) is 23.0 Å². The molecule has 2 aliphatic rings. The van der Waals surface area contributed by atoms with Crippen LogP contribution >= 0.6 is 0 Å². The summed E-state index contributed by atoms with van der Waals surface area (Å²) in [6.45, 7) is 0.400. The molecule has 1 saturated heterocycles. The fourth-order valence-electron chi connectivity index (χ4n) is 3.82.